The summed E-state index contributed by atoms with van der Waals surface area (Å²) >= 11 is 0. The normalized spacial score (nSPS) is 17.9. The third kappa shape index (κ3) is 6.24. The summed E-state index contributed by atoms with van der Waals surface area (Å²) in [5.74, 6) is -1.06. The predicted octanol–water partition coefficient (Wildman–Crippen LogP) is 1.91. The maximum Gasteiger partial charge on any atom is 0.412 e. The van der Waals surface area contributed by atoms with E-state index < -0.39 is 17.7 Å². The molecule has 0 aliphatic carbocycles. The molecule has 1 rings (SSSR count). The highest BCUT2D eigenvalue weighted by Gasteiger charge is 2.21. The number of amides is 1. The molecule has 0 aromatic rings. The Morgan fingerprint density at radius 2 is 1.89 bits per heavy atom. The van der Waals surface area contributed by atoms with Crippen LogP contribution in [0.3, 0.4) is 0 Å². The fourth-order valence-electron chi connectivity index (χ4n) is 1.70. The Bertz CT molecular complexity index is 364. The van der Waals surface area contributed by atoms with Gasteiger partial charge in [-0.1, -0.05) is 0 Å². The number of rotatable bonds is 3. The molecule has 0 aromatic heterocycles. The molecule has 0 saturated carbocycles. The van der Waals surface area contributed by atoms with Gasteiger partial charge in [-0.3, -0.25) is 5.32 Å². The molecule has 1 amide bonds. The van der Waals surface area contributed by atoms with Crippen LogP contribution in [0.4, 0.5) is 4.79 Å². The first-order chi connectivity index (χ1) is 8.78. The summed E-state index contributed by atoms with van der Waals surface area (Å²) < 4.78 is 10.2. The molecule has 0 unspecified atom stereocenters. The van der Waals surface area contributed by atoms with Crippen molar-refractivity contribution >= 4 is 12.1 Å². The van der Waals surface area contributed by atoms with E-state index in [9.17, 15) is 9.59 Å². The minimum absolute atomic E-state index is 0.106. The van der Waals surface area contributed by atoms with E-state index in [-0.39, 0.29) is 11.6 Å². The van der Waals surface area contributed by atoms with Crippen molar-refractivity contribution in [2.45, 2.75) is 39.2 Å². The van der Waals surface area contributed by atoms with Crippen molar-refractivity contribution in [1.29, 1.82) is 0 Å². The van der Waals surface area contributed by atoms with Crippen LogP contribution < -0.4 is 5.32 Å². The van der Waals surface area contributed by atoms with Crippen LogP contribution in [0, 0.1) is 5.92 Å². The minimum Gasteiger partial charge on any atom is -0.477 e. The highest BCUT2D eigenvalue weighted by molar-refractivity contribution is 5.90. The molecule has 2 N–H and O–H groups in total. The molecule has 0 spiro atoms. The minimum atomic E-state index is -1.17. The highest BCUT2D eigenvalue weighted by Crippen LogP contribution is 2.17. The Morgan fingerprint density at radius 1 is 1.32 bits per heavy atom. The zero-order chi connectivity index (χ0) is 14.5. The fraction of sp³-hybridized carbons (Fsp3) is 0.692. The molecule has 0 bridgehead atoms. The van der Waals surface area contributed by atoms with Crippen molar-refractivity contribution in [3.8, 4) is 0 Å². The summed E-state index contributed by atoms with van der Waals surface area (Å²) in [5.41, 5.74) is -0.798. The van der Waals surface area contributed by atoms with Crippen LogP contribution in [0.1, 0.15) is 33.6 Å². The summed E-state index contributed by atoms with van der Waals surface area (Å²) in [6.45, 7) is 6.38. The number of carbonyl (C=O) groups excluding carboxylic acids is 1. The Morgan fingerprint density at radius 3 is 2.37 bits per heavy atom. The second-order valence-electron chi connectivity index (χ2n) is 5.46. The number of aliphatic carboxylic acids is 1. The largest absolute Gasteiger partial charge is 0.477 e. The highest BCUT2D eigenvalue weighted by atomic mass is 16.6. The average Bonchev–Trinajstić information content (AvgIpc) is 2.26. The van der Waals surface area contributed by atoms with Crippen molar-refractivity contribution in [3.05, 3.63) is 11.8 Å². The van der Waals surface area contributed by atoms with Gasteiger partial charge in [0.25, 0.3) is 0 Å². The fourth-order valence-corrected chi connectivity index (χ4v) is 1.70. The number of carboxylic acid groups (broad SMARTS) is 1. The molecular weight excluding hydrogens is 250 g/mol. The molecule has 19 heavy (non-hydrogen) atoms. The van der Waals surface area contributed by atoms with Gasteiger partial charge < -0.3 is 14.6 Å². The lowest BCUT2D eigenvalue weighted by Gasteiger charge is -2.21. The monoisotopic (exact) mass is 271 g/mol. The molecule has 6 heteroatoms. The first-order valence-electron chi connectivity index (χ1n) is 6.31. The van der Waals surface area contributed by atoms with Gasteiger partial charge in [-0.05, 0) is 45.6 Å². The summed E-state index contributed by atoms with van der Waals surface area (Å²) in [4.78, 5) is 22.7. The van der Waals surface area contributed by atoms with Crippen LogP contribution in [0.25, 0.3) is 0 Å². The number of carbonyl (C=O) groups is 2. The van der Waals surface area contributed by atoms with Crippen molar-refractivity contribution in [3.63, 3.8) is 0 Å². The van der Waals surface area contributed by atoms with Gasteiger partial charge in [0, 0.05) is 13.2 Å². The van der Waals surface area contributed by atoms with Crippen molar-refractivity contribution in [1.82, 2.24) is 5.32 Å². The number of hydrogen-bond donors (Lipinski definition) is 2. The van der Waals surface area contributed by atoms with E-state index in [4.69, 9.17) is 14.6 Å². The molecular formula is C13H21NO5. The third-order valence-corrected chi connectivity index (χ3v) is 2.53. The molecule has 1 saturated heterocycles. The summed E-state index contributed by atoms with van der Waals surface area (Å²) in [7, 11) is 0. The van der Waals surface area contributed by atoms with Crippen LogP contribution in [0.5, 0.6) is 0 Å². The van der Waals surface area contributed by atoms with Gasteiger partial charge >= 0.3 is 12.1 Å². The summed E-state index contributed by atoms with van der Waals surface area (Å²) in [6, 6.07) is 0. The zero-order valence-corrected chi connectivity index (χ0v) is 11.6. The predicted molar refractivity (Wildman–Crippen MR) is 68.6 cm³/mol. The lowest BCUT2D eigenvalue weighted by molar-refractivity contribution is -0.133. The van der Waals surface area contributed by atoms with Crippen LogP contribution in [0.2, 0.25) is 0 Å². The molecule has 1 fully saturated rings. The van der Waals surface area contributed by atoms with E-state index in [0.717, 1.165) is 12.8 Å². The van der Waals surface area contributed by atoms with Crippen LogP contribution in [-0.2, 0) is 14.3 Å². The molecule has 6 nitrogen and oxygen atoms in total. The van der Waals surface area contributed by atoms with Crippen LogP contribution in [-0.4, -0.2) is 36.0 Å². The Hall–Kier alpha value is -1.56. The van der Waals surface area contributed by atoms with Crippen molar-refractivity contribution in [2.75, 3.05) is 13.2 Å². The molecule has 1 heterocycles. The molecule has 108 valence electrons. The van der Waals surface area contributed by atoms with Crippen molar-refractivity contribution in [2.24, 2.45) is 5.92 Å². The van der Waals surface area contributed by atoms with E-state index in [1.807, 2.05) is 0 Å². The Kier molecular flexibility index (Phi) is 5.35. The number of alkyl carbamates (subject to hydrolysis) is 1. The quantitative estimate of drug-likeness (QED) is 0.766. The first-order valence-corrected chi connectivity index (χ1v) is 6.31. The van der Waals surface area contributed by atoms with E-state index in [1.54, 1.807) is 26.8 Å². The van der Waals surface area contributed by atoms with E-state index in [0.29, 0.717) is 13.2 Å². The number of nitrogens with one attached hydrogen (secondary N) is 1. The lowest BCUT2D eigenvalue weighted by Crippen LogP contribution is -2.34. The number of hydrogen-bond acceptors (Lipinski definition) is 4. The summed E-state index contributed by atoms with van der Waals surface area (Å²) in [5, 5.41) is 11.4. The maximum absolute atomic E-state index is 11.6. The second-order valence-corrected chi connectivity index (χ2v) is 5.46. The van der Waals surface area contributed by atoms with E-state index >= 15 is 0 Å². The van der Waals surface area contributed by atoms with Gasteiger partial charge in [0.15, 0.2) is 0 Å². The van der Waals surface area contributed by atoms with E-state index in [2.05, 4.69) is 5.32 Å². The first kappa shape index (κ1) is 15.5. The van der Waals surface area contributed by atoms with Gasteiger partial charge in [-0.2, -0.15) is 0 Å². The number of ether oxygens (including phenoxy) is 2. The number of allylic oxidation sites excluding steroid dienone is 1. The van der Waals surface area contributed by atoms with Gasteiger partial charge in [-0.15, -0.1) is 0 Å². The molecule has 0 aromatic carbocycles. The van der Waals surface area contributed by atoms with Crippen LogP contribution >= 0.6 is 0 Å². The lowest BCUT2D eigenvalue weighted by atomic mass is 9.99. The third-order valence-electron chi connectivity index (χ3n) is 2.53. The van der Waals surface area contributed by atoms with Crippen molar-refractivity contribution < 1.29 is 24.2 Å². The Balaban J connectivity index is 2.64. The smallest absolute Gasteiger partial charge is 0.412 e. The molecule has 1 aliphatic heterocycles. The second kappa shape index (κ2) is 6.56. The maximum atomic E-state index is 11.6. The SMILES string of the molecule is CC(C)(C)OC(=O)N/C(=C/C1CCOCC1)C(=O)O. The van der Waals surface area contributed by atoms with E-state index in [1.165, 1.54) is 0 Å². The van der Waals surface area contributed by atoms with Gasteiger partial charge in [0.05, 0.1) is 0 Å². The zero-order valence-electron chi connectivity index (χ0n) is 11.6. The average molecular weight is 271 g/mol. The topological polar surface area (TPSA) is 84.9 Å². The molecule has 1 aliphatic rings. The molecule has 0 radical (unpaired) electrons. The number of carboxylic acids is 1. The van der Waals surface area contributed by atoms with Gasteiger partial charge in [0.1, 0.15) is 11.3 Å². The summed E-state index contributed by atoms with van der Waals surface area (Å²) in [6.07, 6.45) is 2.32. The Labute approximate surface area is 112 Å². The van der Waals surface area contributed by atoms with Gasteiger partial charge in [0.2, 0.25) is 0 Å². The van der Waals surface area contributed by atoms with Gasteiger partial charge in [-0.25, -0.2) is 9.59 Å². The standard InChI is InChI=1S/C13H21NO5/c1-13(2,3)19-12(17)14-10(11(15)16)8-9-4-6-18-7-5-9/h8-9H,4-7H2,1-3H3,(H,14,17)(H,15,16)/b10-8+. The molecule has 0 atom stereocenters. The van der Waals surface area contributed by atoms with Crippen LogP contribution in [0.15, 0.2) is 11.8 Å².